The molecule has 0 unspecified atom stereocenters. The Labute approximate surface area is 143 Å². The Morgan fingerprint density at radius 1 is 1.38 bits per heavy atom. The number of carbonyl (C=O) groups excluding carboxylic acids is 1. The number of piperidine rings is 1. The van der Waals surface area contributed by atoms with Crippen LogP contribution in [-0.2, 0) is 4.74 Å². The zero-order chi connectivity index (χ0) is 16.6. The fraction of sp³-hybridized carbons (Fsp3) is 0.778. The lowest BCUT2D eigenvalue weighted by atomic mass is 9.51. The number of imidazole rings is 1. The van der Waals surface area contributed by atoms with Gasteiger partial charge < -0.3 is 19.5 Å². The fourth-order valence-electron chi connectivity index (χ4n) is 4.73. The molecule has 4 rings (SSSR count). The third-order valence-corrected chi connectivity index (χ3v) is 6.43. The number of nitrogens with one attached hydrogen (secondary N) is 1. The van der Waals surface area contributed by atoms with Crippen molar-refractivity contribution < 1.29 is 9.53 Å². The standard InChI is InChI=1S/C18H28N4O2/c1-2-24-16-12-15(18(16)6-3-7-18)20-17(23)21-9-4-14(5-10-21)22-11-8-19-13-22/h8,11,13-16H,2-7,9-10,12H2,1H3,(H,20,23)/t15-,16-/m1/s1. The van der Waals surface area contributed by atoms with Gasteiger partial charge in [-0.2, -0.15) is 0 Å². The molecule has 1 spiro atoms. The first kappa shape index (κ1) is 15.9. The highest BCUT2D eigenvalue weighted by Crippen LogP contribution is 2.57. The van der Waals surface area contributed by atoms with Crippen molar-refractivity contribution in [2.75, 3.05) is 19.7 Å². The number of rotatable bonds is 4. The molecule has 3 fully saturated rings. The van der Waals surface area contributed by atoms with Gasteiger partial charge in [-0.25, -0.2) is 9.78 Å². The van der Waals surface area contributed by atoms with Crippen LogP contribution in [0.4, 0.5) is 4.79 Å². The van der Waals surface area contributed by atoms with Gasteiger partial charge in [0.15, 0.2) is 0 Å². The van der Waals surface area contributed by atoms with E-state index in [0.717, 1.165) is 39.0 Å². The van der Waals surface area contributed by atoms with Gasteiger partial charge in [0.05, 0.1) is 12.4 Å². The zero-order valence-corrected chi connectivity index (χ0v) is 14.5. The van der Waals surface area contributed by atoms with Gasteiger partial charge >= 0.3 is 6.03 Å². The molecule has 1 saturated heterocycles. The third-order valence-electron chi connectivity index (χ3n) is 6.43. The molecule has 2 saturated carbocycles. The topological polar surface area (TPSA) is 59.4 Å². The second-order valence-electron chi connectivity index (χ2n) is 7.50. The highest BCUT2D eigenvalue weighted by atomic mass is 16.5. The van der Waals surface area contributed by atoms with Gasteiger partial charge in [0, 0.05) is 49.6 Å². The molecule has 2 aliphatic carbocycles. The van der Waals surface area contributed by atoms with E-state index in [4.69, 9.17) is 4.74 Å². The van der Waals surface area contributed by atoms with Gasteiger partial charge in [0.25, 0.3) is 0 Å². The number of urea groups is 1. The number of likely N-dealkylation sites (tertiary alicyclic amines) is 1. The van der Waals surface area contributed by atoms with Gasteiger partial charge in [-0.15, -0.1) is 0 Å². The van der Waals surface area contributed by atoms with Crippen LogP contribution in [0.25, 0.3) is 0 Å². The number of ether oxygens (including phenoxy) is 1. The first-order valence-corrected chi connectivity index (χ1v) is 9.37. The molecule has 1 N–H and O–H groups in total. The molecular weight excluding hydrogens is 304 g/mol. The number of amides is 2. The molecule has 6 heteroatoms. The average molecular weight is 332 g/mol. The normalized spacial score (nSPS) is 29.1. The molecule has 6 nitrogen and oxygen atoms in total. The van der Waals surface area contributed by atoms with Crippen molar-refractivity contribution in [3.05, 3.63) is 18.7 Å². The number of carbonyl (C=O) groups is 1. The highest BCUT2D eigenvalue weighted by Gasteiger charge is 2.59. The summed E-state index contributed by atoms with van der Waals surface area (Å²) in [5, 5.41) is 3.30. The Morgan fingerprint density at radius 3 is 2.75 bits per heavy atom. The maximum atomic E-state index is 12.6. The lowest BCUT2D eigenvalue weighted by Crippen LogP contribution is -2.68. The lowest BCUT2D eigenvalue weighted by Gasteiger charge is -2.61. The summed E-state index contributed by atoms with van der Waals surface area (Å²) in [6, 6.07) is 0.896. The molecule has 2 atom stereocenters. The molecule has 1 aromatic rings. The van der Waals surface area contributed by atoms with E-state index >= 15 is 0 Å². The van der Waals surface area contributed by atoms with Gasteiger partial charge in [0.2, 0.25) is 0 Å². The van der Waals surface area contributed by atoms with Crippen molar-refractivity contribution in [3.63, 3.8) is 0 Å². The summed E-state index contributed by atoms with van der Waals surface area (Å²) in [5.74, 6) is 0. The Morgan fingerprint density at radius 2 is 2.17 bits per heavy atom. The van der Waals surface area contributed by atoms with E-state index in [-0.39, 0.29) is 11.4 Å². The molecule has 24 heavy (non-hydrogen) atoms. The van der Waals surface area contributed by atoms with Crippen molar-refractivity contribution in [1.82, 2.24) is 19.8 Å². The molecular formula is C18H28N4O2. The molecule has 0 bridgehead atoms. The van der Waals surface area contributed by atoms with Crippen LogP contribution in [-0.4, -0.2) is 52.3 Å². The van der Waals surface area contributed by atoms with Crippen LogP contribution >= 0.6 is 0 Å². The average Bonchev–Trinajstić information content (AvgIpc) is 3.06. The number of nitrogens with zero attached hydrogens (tertiary/aromatic N) is 3. The van der Waals surface area contributed by atoms with Crippen molar-refractivity contribution >= 4 is 6.03 Å². The molecule has 1 aromatic heterocycles. The van der Waals surface area contributed by atoms with Crippen LogP contribution < -0.4 is 5.32 Å². The monoisotopic (exact) mass is 332 g/mol. The summed E-state index contributed by atoms with van der Waals surface area (Å²) >= 11 is 0. The van der Waals surface area contributed by atoms with Crippen molar-refractivity contribution in [3.8, 4) is 0 Å². The summed E-state index contributed by atoms with van der Waals surface area (Å²) in [7, 11) is 0. The summed E-state index contributed by atoms with van der Waals surface area (Å²) in [5.41, 5.74) is 0.237. The van der Waals surface area contributed by atoms with E-state index < -0.39 is 0 Å². The van der Waals surface area contributed by atoms with Crippen LogP contribution in [0, 0.1) is 5.41 Å². The Hall–Kier alpha value is -1.56. The fourth-order valence-corrected chi connectivity index (χ4v) is 4.73. The Bertz CT molecular complexity index is 562. The number of hydrogen-bond donors (Lipinski definition) is 1. The quantitative estimate of drug-likeness (QED) is 0.922. The van der Waals surface area contributed by atoms with Crippen LogP contribution in [0.1, 0.15) is 51.5 Å². The summed E-state index contributed by atoms with van der Waals surface area (Å²) in [6.07, 6.45) is 12.7. The van der Waals surface area contributed by atoms with Crippen molar-refractivity contribution in [1.29, 1.82) is 0 Å². The van der Waals surface area contributed by atoms with Crippen LogP contribution in [0.15, 0.2) is 18.7 Å². The molecule has 1 aliphatic heterocycles. The molecule has 0 aromatic carbocycles. The minimum atomic E-state index is 0.116. The lowest BCUT2D eigenvalue weighted by molar-refractivity contribution is -0.170. The van der Waals surface area contributed by atoms with Crippen molar-refractivity contribution in [2.45, 2.75) is 63.6 Å². The van der Waals surface area contributed by atoms with E-state index in [1.807, 2.05) is 23.6 Å². The molecule has 132 valence electrons. The van der Waals surface area contributed by atoms with Gasteiger partial charge in [-0.1, -0.05) is 6.42 Å². The van der Waals surface area contributed by atoms with Gasteiger partial charge in [-0.3, -0.25) is 0 Å². The number of hydrogen-bond acceptors (Lipinski definition) is 3. The predicted octanol–water partition coefficient (Wildman–Crippen LogP) is 2.58. The van der Waals surface area contributed by atoms with E-state index in [0.29, 0.717) is 18.2 Å². The van der Waals surface area contributed by atoms with Gasteiger partial charge in [-0.05, 0) is 39.0 Å². The predicted molar refractivity (Wildman–Crippen MR) is 90.7 cm³/mol. The maximum absolute atomic E-state index is 12.6. The SMILES string of the molecule is CCO[C@@H]1C[C@@H](NC(=O)N2CCC(n3ccnc3)CC2)C12CCC2. The Balaban J connectivity index is 1.28. The summed E-state index contributed by atoms with van der Waals surface area (Å²) < 4.78 is 8.04. The first-order valence-electron chi connectivity index (χ1n) is 9.37. The molecule has 2 heterocycles. The smallest absolute Gasteiger partial charge is 0.317 e. The van der Waals surface area contributed by atoms with Crippen LogP contribution in [0.2, 0.25) is 0 Å². The number of aromatic nitrogens is 2. The molecule has 2 amide bonds. The zero-order valence-electron chi connectivity index (χ0n) is 14.5. The first-order chi connectivity index (χ1) is 11.7. The van der Waals surface area contributed by atoms with Crippen LogP contribution in [0.5, 0.6) is 0 Å². The van der Waals surface area contributed by atoms with E-state index in [9.17, 15) is 4.79 Å². The highest BCUT2D eigenvalue weighted by molar-refractivity contribution is 5.75. The molecule has 0 radical (unpaired) electrons. The third kappa shape index (κ3) is 2.61. The van der Waals surface area contributed by atoms with E-state index in [1.165, 1.54) is 19.3 Å². The summed E-state index contributed by atoms with van der Waals surface area (Å²) in [4.78, 5) is 18.7. The van der Waals surface area contributed by atoms with E-state index in [2.05, 4.69) is 21.8 Å². The minimum absolute atomic E-state index is 0.116. The molecule has 3 aliphatic rings. The van der Waals surface area contributed by atoms with Crippen molar-refractivity contribution in [2.24, 2.45) is 5.41 Å². The van der Waals surface area contributed by atoms with Gasteiger partial charge in [0.1, 0.15) is 0 Å². The minimum Gasteiger partial charge on any atom is -0.378 e. The second kappa shape index (κ2) is 6.39. The Kier molecular flexibility index (Phi) is 4.24. The van der Waals surface area contributed by atoms with E-state index in [1.54, 1.807) is 0 Å². The van der Waals surface area contributed by atoms with Crippen LogP contribution in [0.3, 0.4) is 0 Å². The maximum Gasteiger partial charge on any atom is 0.317 e. The largest absolute Gasteiger partial charge is 0.378 e. The second-order valence-corrected chi connectivity index (χ2v) is 7.50. The summed E-state index contributed by atoms with van der Waals surface area (Å²) in [6.45, 7) is 4.48.